The Balaban J connectivity index is 1.93. The monoisotopic (exact) mass is 488 g/mol. The molecule has 1 fully saturated rings. The smallest absolute Gasteiger partial charge is 0.300 e. The van der Waals surface area contributed by atoms with Crippen molar-refractivity contribution in [3.05, 3.63) is 94.0 Å². The Morgan fingerprint density at radius 2 is 1.71 bits per heavy atom. The van der Waals surface area contributed by atoms with E-state index in [1.807, 2.05) is 13.0 Å². The molecule has 0 radical (unpaired) electrons. The number of amides is 1. The number of benzene rings is 3. The molecular formula is C27H21ClN2O5. The third-order valence-electron chi connectivity index (χ3n) is 5.65. The van der Waals surface area contributed by atoms with Crippen LogP contribution in [0.4, 0.5) is 5.69 Å². The van der Waals surface area contributed by atoms with Gasteiger partial charge in [0.15, 0.2) is 0 Å². The molecule has 7 nitrogen and oxygen atoms in total. The molecule has 3 aromatic carbocycles. The summed E-state index contributed by atoms with van der Waals surface area (Å²) >= 11 is 6.37. The van der Waals surface area contributed by atoms with Crippen molar-refractivity contribution in [2.24, 2.45) is 0 Å². The van der Waals surface area contributed by atoms with Crippen LogP contribution in [-0.4, -0.2) is 30.5 Å². The van der Waals surface area contributed by atoms with Gasteiger partial charge in [-0.15, -0.1) is 0 Å². The van der Waals surface area contributed by atoms with Crippen LogP contribution in [0.5, 0.6) is 11.5 Å². The van der Waals surface area contributed by atoms with Gasteiger partial charge in [0.2, 0.25) is 0 Å². The normalized spacial score (nSPS) is 16.7. The minimum Gasteiger partial charge on any atom is -0.507 e. The van der Waals surface area contributed by atoms with Crippen LogP contribution >= 0.6 is 11.6 Å². The summed E-state index contributed by atoms with van der Waals surface area (Å²) in [5, 5.41) is 20.7. The average molecular weight is 489 g/mol. The molecule has 0 aliphatic carbocycles. The number of anilines is 1. The Kier molecular flexibility index (Phi) is 6.76. The zero-order valence-corrected chi connectivity index (χ0v) is 19.7. The van der Waals surface area contributed by atoms with Crippen molar-refractivity contribution in [1.29, 1.82) is 5.26 Å². The maximum absolute atomic E-state index is 13.3. The molecule has 8 heteroatoms. The fraction of sp³-hybridized carbons (Fsp3) is 0.148. The number of carbonyl (C=O) groups is 2. The molecule has 1 aliphatic rings. The number of hydrogen-bond acceptors (Lipinski definition) is 6. The molecular weight excluding hydrogens is 468 g/mol. The van der Waals surface area contributed by atoms with Crippen LogP contribution in [0.15, 0.2) is 72.3 Å². The van der Waals surface area contributed by atoms with E-state index in [4.69, 9.17) is 26.3 Å². The first-order chi connectivity index (χ1) is 16.9. The van der Waals surface area contributed by atoms with E-state index in [9.17, 15) is 14.7 Å². The van der Waals surface area contributed by atoms with E-state index in [2.05, 4.69) is 0 Å². The Bertz CT molecular complexity index is 1360. The number of Topliss-reactive ketones (excluding diaryl/α,β-unsaturated/α-hetero) is 1. The molecule has 0 spiro atoms. The quantitative estimate of drug-likeness (QED) is 0.289. The number of nitriles is 1. The van der Waals surface area contributed by atoms with Crippen LogP contribution in [0, 0.1) is 11.3 Å². The van der Waals surface area contributed by atoms with Gasteiger partial charge in [-0.3, -0.25) is 14.5 Å². The first-order valence-electron chi connectivity index (χ1n) is 10.8. The number of aliphatic hydroxyl groups excluding tert-OH is 1. The zero-order valence-electron chi connectivity index (χ0n) is 19.0. The SMILES string of the molecule is CCOc1ccc(Cl)c(/C(O)=C2\C(=O)C(=O)N(c3ccc(C#N)cc3)C2c2ccc(OC)cc2)c1. The maximum Gasteiger partial charge on any atom is 0.300 e. The van der Waals surface area contributed by atoms with Crippen LogP contribution in [0.2, 0.25) is 5.02 Å². The van der Waals surface area contributed by atoms with E-state index in [0.717, 1.165) is 0 Å². The molecule has 1 saturated heterocycles. The summed E-state index contributed by atoms with van der Waals surface area (Å²) < 4.78 is 10.8. The molecule has 35 heavy (non-hydrogen) atoms. The minimum absolute atomic E-state index is 0.111. The molecule has 3 aromatic rings. The lowest BCUT2D eigenvalue weighted by Gasteiger charge is -2.25. The number of aliphatic hydroxyl groups is 1. The number of ketones is 1. The molecule has 0 bridgehead atoms. The van der Waals surface area contributed by atoms with Crippen molar-refractivity contribution in [3.63, 3.8) is 0 Å². The summed E-state index contributed by atoms with van der Waals surface area (Å²) in [5.41, 5.74) is 1.45. The van der Waals surface area contributed by atoms with Crippen molar-refractivity contribution in [1.82, 2.24) is 0 Å². The van der Waals surface area contributed by atoms with Gasteiger partial charge in [0.1, 0.15) is 17.3 Å². The molecule has 4 rings (SSSR count). The number of halogens is 1. The molecule has 1 unspecified atom stereocenters. The number of ether oxygens (including phenoxy) is 2. The first kappa shape index (κ1) is 23.9. The second-order valence-corrected chi connectivity index (χ2v) is 8.08. The number of nitrogens with zero attached hydrogens (tertiary/aromatic N) is 2. The summed E-state index contributed by atoms with van der Waals surface area (Å²) in [4.78, 5) is 27.8. The number of carbonyl (C=O) groups excluding carboxylic acids is 2. The maximum atomic E-state index is 13.3. The highest BCUT2D eigenvalue weighted by Gasteiger charge is 2.47. The van der Waals surface area contributed by atoms with Gasteiger partial charge >= 0.3 is 0 Å². The van der Waals surface area contributed by atoms with Gasteiger partial charge in [-0.1, -0.05) is 23.7 Å². The highest BCUT2D eigenvalue weighted by Crippen LogP contribution is 2.43. The van der Waals surface area contributed by atoms with Gasteiger partial charge in [-0.2, -0.15) is 5.26 Å². The van der Waals surface area contributed by atoms with Gasteiger partial charge < -0.3 is 14.6 Å². The van der Waals surface area contributed by atoms with Crippen molar-refractivity contribution in [2.45, 2.75) is 13.0 Å². The lowest BCUT2D eigenvalue weighted by molar-refractivity contribution is -0.132. The van der Waals surface area contributed by atoms with Crippen LogP contribution in [-0.2, 0) is 9.59 Å². The molecule has 176 valence electrons. The topological polar surface area (TPSA) is 99.9 Å². The van der Waals surface area contributed by atoms with Crippen LogP contribution < -0.4 is 14.4 Å². The van der Waals surface area contributed by atoms with Crippen LogP contribution in [0.1, 0.15) is 29.7 Å². The summed E-state index contributed by atoms with van der Waals surface area (Å²) in [7, 11) is 1.53. The lowest BCUT2D eigenvalue weighted by atomic mass is 9.95. The van der Waals surface area contributed by atoms with Gasteiger partial charge in [0.05, 0.1) is 42.0 Å². The summed E-state index contributed by atoms with van der Waals surface area (Å²) in [5.74, 6) is -1.02. The second kappa shape index (κ2) is 9.92. The van der Waals surface area contributed by atoms with Gasteiger partial charge in [-0.05, 0) is 67.1 Å². The predicted molar refractivity (Wildman–Crippen MR) is 132 cm³/mol. The molecule has 0 saturated carbocycles. The predicted octanol–water partition coefficient (Wildman–Crippen LogP) is 5.25. The second-order valence-electron chi connectivity index (χ2n) is 7.68. The Labute approximate surface area is 207 Å². The number of hydrogen-bond donors (Lipinski definition) is 1. The highest BCUT2D eigenvalue weighted by atomic mass is 35.5. The molecule has 1 aliphatic heterocycles. The van der Waals surface area contributed by atoms with Crippen molar-refractivity contribution in [2.75, 3.05) is 18.6 Å². The number of rotatable bonds is 6. The van der Waals surface area contributed by atoms with Crippen LogP contribution in [0.25, 0.3) is 5.76 Å². The lowest BCUT2D eigenvalue weighted by Crippen LogP contribution is -2.29. The summed E-state index contributed by atoms with van der Waals surface area (Å²) in [6.45, 7) is 2.22. The van der Waals surface area contributed by atoms with Crippen molar-refractivity contribution in [3.8, 4) is 17.6 Å². The zero-order chi connectivity index (χ0) is 25.1. The number of methoxy groups -OCH3 is 1. The molecule has 1 heterocycles. The Morgan fingerprint density at radius 3 is 2.31 bits per heavy atom. The fourth-order valence-corrected chi connectivity index (χ4v) is 4.19. The highest BCUT2D eigenvalue weighted by molar-refractivity contribution is 6.52. The fourth-order valence-electron chi connectivity index (χ4n) is 3.98. The van der Waals surface area contributed by atoms with Gasteiger partial charge in [0.25, 0.3) is 11.7 Å². The molecule has 1 N–H and O–H groups in total. The van der Waals surface area contributed by atoms with Gasteiger partial charge in [0, 0.05) is 11.3 Å². The van der Waals surface area contributed by atoms with E-state index < -0.39 is 23.5 Å². The largest absolute Gasteiger partial charge is 0.507 e. The Morgan fingerprint density at radius 1 is 1.06 bits per heavy atom. The summed E-state index contributed by atoms with van der Waals surface area (Å²) in [6, 6.07) is 19.0. The molecule has 0 aromatic heterocycles. The van der Waals surface area contributed by atoms with Crippen molar-refractivity contribution >= 4 is 34.7 Å². The third kappa shape index (κ3) is 4.44. The third-order valence-corrected chi connectivity index (χ3v) is 5.98. The van der Waals surface area contributed by atoms with E-state index in [1.54, 1.807) is 60.7 Å². The molecule has 1 amide bonds. The van der Waals surface area contributed by atoms with E-state index in [1.165, 1.54) is 18.1 Å². The van der Waals surface area contributed by atoms with Gasteiger partial charge in [-0.25, -0.2) is 0 Å². The average Bonchev–Trinajstić information content (AvgIpc) is 3.15. The standard InChI is InChI=1S/C27H21ClN2O5/c1-3-35-20-12-13-22(28)21(14-20)25(31)23-24(17-6-10-19(34-2)11-7-17)30(27(33)26(23)32)18-8-4-16(15-29)5-9-18/h4-14,24,31H,3H2,1-2H3/b25-23+. The van der Waals surface area contributed by atoms with E-state index in [0.29, 0.717) is 34.9 Å². The Hall–Kier alpha value is -4.28. The summed E-state index contributed by atoms with van der Waals surface area (Å²) in [6.07, 6.45) is 0. The van der Waals surface area contributed by atoms with E-state index in [-0.39, 0.29) is 16.2 Å². The van der Waals surface area contributed by atoms with Crippen molar-refractivity contribution < 1.29 is 24.2 Å². The first-order valence-corrected chi connectivity index (χ1v) is 11.1. The molecule has 1 atom stereocenters. The van der Waals surface area contributed by atoms with Crippen LogP contribution in [0.3, 0.4) is 0 Å². The van der Waals surface area contributed by atoms with E-state index >= 15 is 0 Å². The minimum atomic E-state index is -0.944.